The highest BCUT2D eigenvalue weighted by atomic mass is 79.9. The van der Waals surface area contributed by atoms with E-state index < -0.39 is 0 Å². The molecule has 1 aromatic carbocycles. The summed E-state index contributed by atoms with van der Waals surface area (Å²) in [5.41, 5.74) is 2.44. The summed E-state index contributed by atoms with van der Waals surface area (Å²) in [5, 5.41) is 0.946. The van der Waals surface area contributed by atoms with Crippen molar-refractivity contribution in [3.8, 4) is 0 Å². The molecule has 3 nitrogen and oxygen atoms in total. The lowest BCUT2D eigenvalue weighted by Crippen LogP contribution is -1.99. The SMILES string of the molecule is Cc1ccc2cc(C(=O)c3ccc(Br)o3)ccc2n1. The van der Waals surface area contributed by atoms with Crippen molar-refractivity contribution >= 4 is 32.6 Å². The van der Waals surface area contributed by atoms with Crippen molar-refractivity contribution in [1.82, 2.24) is 4.98 Å². The fraction of sp³-hybridized carbons (Fsp3) is 0.0667. The normalized spacial score (nSPS) is 10.8. The quantitative estimate of drug-likeness (QED) is 0.668. The molecular formula is C15H10BrNO2. The molecule has 0 fully saturated rings. The summed E-state index contributed by atoms with van der Waals surface area (Å²) >= 11 is 3.19. The molecule has 0 bridgehead atoms. The molecule has 4 heteroatoms. The monoisotopic (exact) mass is 315 g/mol. The highest BCUT2D eigenvalue weighted by Crippen LogP contribution is 2.20. The van der Waals surface area contributed by atoms with Crippen LogP contribution in [0.1, 0.15) is 21.8 Å². The molecule has 0 amide bonds. The molecule has 0 saturated carbocycles. The molecule has 2 aromatic heterocycles. The van der Waals surface area contributed by atoms with Gasteiger partial charge < -0.3 is 4.42 Å². The van der Waals surface area contributed by atoms with Gasteiger partial charge in [0.2, 0.25) is 5.78 Å². The van der Waals surface area contributed by atoms with Crippen molar-refractivity contribution in [2.24, 2.45) is 0 Å². The van der Waals surface area contributed by atoms with E-state index in [-0.39, 0.29) is 5.78 Å². The minimum absolute atomic E-state index is 0.131. The highest BCUT2D eigenvalue weighted by Gasteiger charge is 2.13. The van der Waals surface area contributed by atoms with Crippen LogP contribution in [0.3, 0.4) is 0 Å². The first-order chi connectivity index (χ1) is 9.13. The Labute approximate surface area is 118 Å². The molecule has 0 unspecified atom stereocenters. The first-order valence-corrected chi connectivity index (χ1v) is 6.60. The summed E-state index contributed by atoms with van der Waals surface area (Å²) in [7, 11) is 0. The van der Waals surface area contributed by atoms with E-state index in [9.17, 15) is 4.79 Å². The predicted octanol–water partition coefficient (Wildman–Crippen LogP) is 4.13. The van der Waals surface area contributed by atoms with E-state index in [1.54, 1.807) is 18.2 Å². The maximum absolute atomic E-state index is 12.2. The molecule has 94 valence electrons. The maximum atomic E-state index is 12.2. The zero-order valence-electron chi connectivity index (χ0n) is 10.2. The van der Waals surface area contributed by atoms with Crippen molar-refractivity contribution in [1.29, 1.82) is 0 Å². The van der Waals surface area contributed by atoms with Gasteiger partial charge in [-0.05, 0) is 59.3 Å². The first-order valence-electron chi connectivity index (χ1n) is 5.81. The van der Waals surface area contributed by atoms with Gasteiger partial charge >= 0.3 is 0 Å². The topological polar surface area (TPSA) is 43.1 Å². The van der Waals surface area contributed by atoms with Gasteiger partial charge in [0, 0.05) is 16.6 Å². The van der Waals surface area contributed by atoms with Crippen molar-refractivity contribution in [2.75, 3.05) is 0 Å². The zero-order chi connectivity index (χ0) is 13.4. The third-order valence-corrected chi connectivity index (χ3v) is 3.31. The van der Waals surface area contributed by atoms with Crippen LogP contribution in [0.2, 0.25) is 0 Å². The second kappa shape index (κ2) is 4.63. The van der Waals surface area contributed by atoms with Crippen LogP contribution in [0.4, 0.5) is 0 Å². The minimum atomic E-state index is -0.131. The van der Waals surface area contributed by atoms with E-state index >= 15 is 0 Å². The number of rotatable bonds is 2. The number of furan rings is 1. The molecule has 2 heterocycles. The van der Waals surface area contributed by atoms with Crippen LogP contribution < -0.4 is 0 Å². The average molecular weight is 316 g/mol. The lowest BCUT2D eigenvalue weighted by atomic mass is 10.1. The molecule has 0 radical (unpaired) electrons. The number of hydrogen-bond donors (Lipinski definition) is 0. The third kappa shape index (κ3) is 2.31. The summed E-state index contributed by atoms with van der Waals surface area (Å²) in [6, 6.07) is 12.7. The van der Waals surface area contributed by atoms with Gasteiger partial charge in [0.25, 0.3) is 0 Å². The average Bonchev–Trinajstić information content (AvgIpc) is 2.84. The summed E-state index contributed by atoms with van der Waals surface area (Å²) in [5.74, 6) is 0.194. The number of pyridine rings is 1. The smallest absolute Gasteiger partial charge is 0.228 e. The van der Waals surface area contributed by atoms with Crippen molar-refractivity contribution in [2.45, 2.75) is 6.92 Å². The largest absolute Gasteiger partial charge is 0.446 e. The van der Waals surface area contributed by atoms with Crippen LogP contribution in [0.5, 0.6) is 0 Å². The van der Waals surface area contributed by atoms with Crippen LogP contribution in [0, 0.1) is 6.92 Å². The molecular weight excluding hydrogens is 306 g/mol. The van der Waals surface area contributed by atoms with Crippen molar-refractivity contribution in [3.63, 3.8) is 0 Å². The van der Waals surface area contributed by atoms with E-state index in [2.05, 4.69) is 20.9 Å². The number of ketones is 1. The van der Waals surface area contributed by atoms with E-state index in [0.717, 1.165) is 16.6 Å². The summed E-state index contributed by atoms with van der Waals surface area (Å²) < 4.78 is 5.83. The molecule has 0 aliphatic carbocycles. The van der Waals surface area contributed by atoms with Gasteiger partial charge in [0.1, 0.15) is 0 Å². The molecule has 0 spiro atoms. The number of carbonyl (C=O) groups is 1. The number of aryl methyl sites for hydroxylation is 1. The Morgan fingerprint density at radius 3 is 2.74 bits per heavy atom. The first kappa shape index (κ1) is 12.1. The number of fused-ring (bicyclic) bond motifs is 1. The molecule has 3 rings (SSSR count). The van der Waals surface area contributed by atoms with E-state index in [1.165, 1.54) is 0 Å². The van der Waals surface area contributed by atoms with Gasteiger partial charge in [-0.1, -0.05) is 6.07 Å². The Bertz CT molecular complexity index is 777. The van der Waals surface area contributed by atoms with Crippen molar-refractivity contribution < 1.29 is 9.21 Å². The molecule has 0 atom stereocenters. The Balaban J connectivity index is 2.06. The fourth-order valence-corrected chi connectivity index (χ4v) is 2.25. The molecule has 3 aromatic rings. The third-order valence-electron chi connectivity index (χ3n) is 2.89. The molecule has 0 aliphatic heterocycles. The van der Waals surface area contributed by atoms with E-state index in [0.29, 0.717) is 16.0 Å². The number of carbonyl (C=O) groups excluding carboxylic acids is 1. The van der Waals surface area contributed by atoms with Crippen LogP contribution in [0.25, 0.3) is 10.9 Å². The maximum Gasteiger partial charge on any atom is 0.228 e. The van der Waals surface area contributed by atoms with Crippen LogP contribution in [-0.2, 0) is 0 Å². The second-order valence-corrected chi connectivity index (χ2v) is 5.07. The molecule has 0 saturated heterocycles. The zero-order valence-corrected chi connectivity index (χ0v) is 11.8. The van der Waals surface area contributed by atoms with Gasteiger partial charge in [-0.2, -0.15) is 0 Å². The highest BCUT2D eigenvalue weighted by molar-refractivity contribution is 9.10. The van der Waals surface area contributed by atoms with Gasteiger partial charge in [-0.25, -0.2) is 0 Å². The summed E-state index contributed by atoms with van der Waals surface area (Å²) in [6.07, 6.45) is 0. The van der Waals surface area contributed by atoms with E-state index in [4.69, 9.17) is 4.42 Å². The Morgan fingerprint density at radius 1 is 1.16 bits per heavy atom. The summed E-state index contributed by atoms with van der Waals surface area (Å²) in [6.45, 7) is 1.94. The Hall–Kier alpha value is -1.94. The van der Waals surface area contributed by atoms with E-state index in [1.807, 2.05) is 31.2 Å². The Morgan fingerprint density at radius 2 is 2.00 bits per heavy atom. The number of hydrogen-bond acceptors (Lipinski definition) is 3. The van der Waals surface area contributed by atoms with Crippen LogP contribution in [0.15, 0.2) is 51.6 Å². The number of aromatic nitrogens is 1. The summed E-state index contributed by atoms with van der Waals surface area (Å²) in [4.78, 5) is 16.6. The predicted molar refractivity (Wildman–Crippen MR) is 76.3 cm³/mol. The fourth-order valence-electron chi connectivity index (χ4n) is 1.95. The second-order valence-electron chi connectivity index (χ2n) is 4.29. The standard InChI is InChI=1S/C15H10BrNO2/c1-9-2-3-10-8-11(4-5-12(10)17-9)15(18)13-6-7-14(16)19-13/h2-8H,1H3. The number of nitrogens with zero attached hydrogens (tertiary/aromatic N) is 1. The van der Waals surface area contributed by atoms with Gasteiger partial charge in [0.05, 0.1) is 5.52 Å². The number of halogens is 1. The van der Waals surface area contributed by atoms with Gasteiger partial charge in [0.15, 0.2) is 10.4 Å². The minimum Gasteiger partial charge on any atom is -0.446 e. The van der Waals surface area contributed by atoms with Crippen LogP contribution in [-0.4, -0.2) is 10.8 Å². The molecule has 19 heavy (non-hydrogen) atoms. The molecule has 0 N–H and O–H groups in total. The van der Waals surface area contributed by atoms with Crippen LogP contribution >= 0.6 is 15.9 Å². The van der Waals surface area contributed by atoms with Gasteiger partial charge in [-0.3, -0.25) is 9.78 Å². The molecule has 0 aliphatic rings. The number of benzene rings is 1. The Kier molecular flexibility index (Phi) is 2.95. The van der Waals surface area contributed by atoms with Crippen molar-refractivity contribution in [3.05, 3.63) is 64.2 Å². The lowest BCUT2D eigenvalue weighted by molar-refractivity contribution is 0.101. The van der Waals surface area contributed by atoms with Gasteiger partial charge in [-0.15, -0.1) is 0 Å². The lowest BCUT2D eigenvalue weighted by Gasteiger charge is -2.02.